The van der Waals surface area contributed by atoms with Gasteiger partial charge in [0.2, 0.25) is 0 Å². The van der Waals surface area contributed by atoms with E-state index in [1.165, 1.54) is 16.2 Å². The van der Waals surface area contributed by atoms with Crippen LogP contribution < -0.4 is 5.73 Å². The Bertz CT molecular complexity index is 965. The molecule has 3 aromatic rings. The molecule has 1 amide bonds. The molecule has 0 unspecified atom stereocenters. The molecule has 25 heavy (non-hydrogen) atoms. The third-order valence-electron chi connectivity index (χ3n) is 4.36. The minimum Gasteiger partial charge on any atom is -0.480 e. The average Bonchev–Trinajstić information content (AvgIpc) is 3.34. The van der Waals surface area contributed by atoms with Crippen LogP contribution in [0, 0.1) is 0 Å². The summed E-state index contributed by atoms with van der Waals surface area (Å²) in [6, 6.07) is 6.94. The molecule has 1 atom stereocenters. The zero-order chi connectivity index (χ0) is 17.6. The second-order valence-electron chi connectivity index (χ2n) is 5.87. The van der Waals surface area contributed by atoms with Crippen LogP contribution in [0.4, 0.5) is 5.69 Å². The normalized spacial score (nSPS) is 17.3. The first kappa shape index (κ1) is 16.0. The number of anilines is 1. The number of aliphatic carboxylic acids is 1. The van der Waals surface area contributed by atoms with Crippen LogP contribution in [0.1, 0.15) is 22.5 Å². The van der Waals surface area contributed by atoms with Crippen LogP contribution in [-0.2, 0) is 4.79 Å². The molecular formula is C17H15N3O3S2. The number of nitrogens with zero attached hydrogens (tertiary/aromatic N) is 2. The van der Waals surface area contributed by atoms with E-state index in [0.29, 0.717) is 34.8 Å². The molecule has 3 aromatic heterocycles. The molecule has 1 aliphatic heterocycles. The predicted octanol–water partition coefficient (Wildman–Crippen LogP) is 3.30. The smallest absolute Gasteiger partial charge is 0.326 e. The number of pyridine rings is 1. The second kappa shape index (κ2) is 6.12. The number of likely N-dealkylation sites (tertiary alicyclic amines) is 1. The van der Waals surface area contributed by atoms with Gasteiger partial charge in [-0.1, -0.05) is 6.07 Å². The first-order valence-electron chi connectivity index (χ1n) is 7.83. The number of carboxylic acid groups (broad SMARTS) is 1. The van der Waals surface area contributed by atoms with Gasteiger partial charge in [-0.2, -0.15) is 0 Å². The Hall–Kier alpha value is -2.45. The summed E-state index contributed by atoms with van der Waals surface area (Å²) in [4.78, 5) is 32.3. The number of thiophene rings is 2. The molecule has 1 saturated heterocycles. The number of aromatic nitrogens is 1. The quantitative estimate of drug-likeness (QED) is 0.734. The molecular weight excluding hydrogens is 358 g/mol. The lowest BCUT2D eigenvalue weighted by Crippen LogP contribution is -2.40. The highest BCUT2D eigenvalue weighted by Crippen LogP contribution is 2.36. The van der Waals surface area contributed by atoms with Crippen molar-refractivity contribution in [3.05, 3.63) is 34.5 Å². The van der Waals surface area contributed by atoms with Gasteiger partial charge in [-0.3, -0.25) is 4.79 Å². The zero-order valence-electron chi connectivity index (χ0n) is 13.1. The van der Waals surface area contributed by atoms with Crippen molar-refractivity contribution in [1.29, 1.82) is 0 Å². The Balaban J connectivity index is 1.74. The Kier molecular flexibility index (Phi) is 3.93. The van der Waals surface area contributed by atoms with Gasteiger partial charge < -0.3 is 15.7 Å². The summed E-state index contributed by atoms with van der Waals surface area (Å²) in [7, 11) is 0. The molecule has 0 radical (unpaired) electrons. The van der Waals surface area contributed by atoms with E-state index in [1.54, 1.807) is 11.3 Å². The number of nitrogen functional groups attached to an aromatic ring is 1. The Morgan fingerprint density at radius 2 is 2.16 bits per heavy atom. The van der Waals surface area contributed by atoms with Gasteiger partial charge in [0, 0.05) is 11.9 Å². The van der Waals surface area contributed by atoms with E-state index in [4.69, 9.17) is 5.73 Å². The predicted molar refractivity (Wildman–Crippen MR) is 99.0 cm³/mol. The van der Waals surface area contributed by atoms with Gasteiger partial charge in [-0.25, -0.2) is 9.78 Å². The van der Waals surface area contributed by atoms with Gasteiger partial charge in [0.15, 0.2) is 0 Å². The molecule has 4 rings (SSSR count). The van der Waals surface area contributed by atoms with Crippen molar-refractivity contribution >= 4 is 50.5 Å². The lowest BCUT2D eigenvalue weighted by Gasteiger charge is -2.20. The number of hydrogen-bond donors (Lipinski definition) is 2. The third kappa shape index (κ3) is 2.67. The highest BCUT2D eigenvalue weighted by atomic mass is 32.1. The monoisotopic (exact) mass is 373 g/mol. The molecule has 1 aliphatic rings. The van der Waals surface area contributed by atoms with Gasteiger partial charge in [0.1, 0.15) is 15.7 Å². The number of carboxylic acids is 1. The molecule has 0 aliphatic carbocycles. The van der Waals surface area contributed by atoms with Crippen molar-refractivity contribution in [2.45, 2.75) is 18.9 Å². The largest absolute Gasteiger partial charge is 0.480 e. The van der Waals surface area contributed by atoms with Crippen LogP contribution in [0.5, 0.6) is 0 Å². The van der Waals surface area contributed by atoms with Crippen molar-refractivity contribution < 1.29 is 14.7 Å². The van der Waals surface area contributed by atoms with Crippen LogP contribution in [0.2, 0.25) is 0 Å². The molecule has 0 aromatic carbocycles. The van der Waals surface area contributed by atoms with E-state index in [-0.39, 0.29) is 5.91 Å². The van der Waals surface area contributed by atoms with Gasteiger partial charge in [0.25, 0.3) is 5.91 Å². The molecule has 0 bridgehead atoms. The van der Waals surface area contributed by atoms with Crippen LogP contribution in [-0.4, -0.2) is 39.5 Å². The summed E-state index contributed by atoms with van der Waals surface area (Å²) in [6.45, 7) is 0.442. The lowest BCUT2D eigenvalue weighted by atomic mass is 10.2. The van der Waals surface area contributed by atoms with E-state index >= 15 is 0 Å². The maximum absolute atomic E-state index is 12.8. The Morgan fingerprint density at radius 3 is 2.88 bits per heavy atom. The van der Waals surface area contributed by atoms with Crippen LogP contribution in [0.3, 0.4) is 0 Å². The maximum atomic E-state index is 12.8. The summed E-state index contributed by atoms with van der Waals surface area (Å²) < 4.78 is 0. The molecule has 1 fully saturated rings. The molecule has 3 N–H and O–H groups in total. The van der Waals surface area contributed by atoms with Crippen LogP contribution in [0.15, 0.2) is 29.6 Å². The molecule has 0 spiro atoms. The minimum atomic E-state index is -0.969. The summed E-state index contributed by atoms with van der Waals surface area (Å²) in [5.74, 6) is -1.29. The van der Waals surface area contributed by atoms with E-state index in [9.17, 15) is 14.7 Å². The molecule has 128 valence electrons. The first-order chi connectivity index (χ1) is 12.1. The zero-order valence-corrected chi connectivity index (χ0v) is 14.8. The van der Waals surface area contributed by atoms with Crippen molar-refractivity contribution in [3.8, 4) is 10.6 Å². The number of carbonyl (C=O) groups is 2. The van der Waals surface area contributed by atoms with E-state index < -0.39 is 12.0 Å². The first-order valence-corrected chi connectivity index (χ1v) is 9.52. The SMILES string of the molecule is Nc1c(C(=O)N2CCC[C@H]2C(=O)O)sc2nc(-c3cccs3)ccc12. The van der Waals surface area contributed by atoms with E-state index in [1.807, 2.05) is 29.6 Å². The number of rotatable bonds is 3. The molecule has 4 heterocycles. The van der Waals surface area contributed by atoms with Crippen molar-refractivity contribution in [1.82, 2.24) is 9.88 Å². The van der Waals surface area contributed by atoms with Crippen molar-refractivity contribution in [2.24, 2.45) is 0 Å². The van der Waals surface area contributed by atoms with Crippen LogP contribution in [0.25, 0.3) is 20.8 Å². The van der Waals surface area contributed by atoms with Gasteiger partial charge in [0.05, 0.1) is 16.3 Å². The number of carbonyl (C=O) groups excluding carboxylic acids is 1. The topological polar surface area (TPSA) is 96.5 Å². The summed E-state index contributed by atoms with van der Waals surface area (Å²) >= 11 is 2.82. The van der Waals surface area contributed by atoms with Crippen molar-refractivity contribution in [3.63, 3.8) is 0 Å². The summed E-state index contributed by atoms with van der Waals surface area (Å²) in [5.41, 5.74) is 7.40. The van der Waals surface area contributed by atoms with E-state index in [0.717, 1.165) is 16.0 Å². The number of fused-ring (bicyclic) bond motifs is 1. The van der Waals surface area contributed by atoms with Crippen LogP contribution >= 0.6 is 22.7 Å². The highest BCUT2D eigenvalue weighted by Gasteiger charge is 2.36. The summed E-state index contributed by atoms with van der Waals surface area (Å²) in [5, 5.41) is 12.0. The highest BCUT2D eigenvalue weighted by molar-refractivity contribution is 7.21. The second-order valence-corrected chi connectivity index (χ2v) is 7.81. The summed E-state index contributed by atoms with van der Waals surface area (Å²) in [6.07, 6.45) is 1.17. The fourth-order valence-corrected chi connectivity index (χ4v) is 4.86. The Labute approximate surface area is 151 Å². The van der Waals surface area contributed by atoms with Gasteiger partial charge >= 0.3 is 5.97 Å². The minimum absolute atomic E-state index is 0.317. The van der Waals surface area contributed by atoms with E-state index in [2.05, 4.69) is 4.98 Å². The van der Waals surface area contributed by atoms with Crippen molar-refractivity contribution in [2.75, 3.05) is 12.3 Å². The number of nitrogens with two attached hydrogens (primary N) is 1. The Morgan fingerprint density at radius 1 is 1.32 bits per heavy atom. The fourth-order valence-electron chi connectivity index (χ4n) is 3.11. The number of hydrogen-bond acceptors (Lipinski definition) is 6. The van der Waals surface area contributed by atoms with Gasteiger partial charge in [-0.15, -0.1) is 22.7 Å². The molecule has 0 saturated carbocycles. The van der Waals surface area contributed by atoms with Gasteiger partial charge in [-0.05, 0) is 36.4 Å². The average molecular weight is 373 g/mol. The maximum Gasteiger partial charge on any atom is 0.326 e. The third-order valence-corrected chi connectivity index (χ3v) is 6.36. The fraction of sp³-hybridized carbons (Fsp3) is 0.235. The lowest BCUT2D eigenvalue weighted by molar-refractivity contribution is -0.141. The molecule has 6 nitrogen and oxygen atoms in total. The number of amides is 1. The standard InChI is InChI=1S/C17H15N3O3S2/c18-13-9-5-6-10(12-4-2-8-24-12)19-15(9)25-14(13)16(21)20-7-1-3-11(20)17(22)23/h2,4-6,8,11H,1,3,7,18H2,(H,22,23)/t11-/m0/s1. The molecule has 8 heteroatoms.